The summed E-state index contributed by atoms with van der Waals surface area (Å²) in [5.74, 6) is 1.30. The zero-order chi connectivity index (χ0) is 14.7. The van der Waals surface area contributed by atoms with Crippen molar-refractivity contribution in [2.75, 3.05) is 26.3 Å². The van der Waals surface area contributed by atoms with Crippen LogP contribution in [0.4, 0.5) is 0 Å². The first-order chi connectivity index (χ1) is 10.2. The van der Waals surface area contributed by atoms with Gasteiger partial charge in [-0.15, -0.1) is 0 Å². The monoisotopic (exact) mass is 304 g/mol. The molecule has 0 aromatic carbocycles. The number of allylic oxidation sites excluding steroid dienone is 1. The van der Waals surface area contributed by atoms with Crippen molar-refractivity contribution in [2.24, 2.45) is 20.1 Å². The van der Waals surface area contributed by atoms with Crippen molar-refractivity contribution in [2.45, 2.75) is 13.0 Å². The van der Waals surface area contributed by atoms with Crippen molar-refractivity contribution < 1.29 is 4.74 Å². The second-order valence-corrected chi connectivity index (χ2v) is 5.13. The van der Waals surface area contributed by atoms with E-state index in [0.717, 1.165) is 13.1 Å². The Labute approximate surface area is 128 Å². The van der Waals surface area contributed by atoms with Gasteiger partial charge < -0.3 is 9.64 Å². The van der Waals surface area contributed by atoms with E-state index in [1.165, 1.54) is 0 Å². The van der Waals surface area contributed by atoms with Crippen molar-refractivity contribution >= 4 is 40.9 Å². The number of amidine groups is 2. The highest BCUT2D eigenvalue weighted by Crippen LogP contribution is 2.12. The van der Waals surface area contributed by atoms with Gasteiger partial charge in [-0.3, -0.25) is 5.43 Å². The lowest BCUT2D eigenvalue weighted by Gasteiger charge is -2.28. The molecule has 1 N–H and O–H groups in total. The van der Waals surface area contributed by atoms with Crippen molar-refractivity contribution in [3.63, 3.8) is 0 Å². The quantitative estimate of drug-likeness (QED) is 0.455. The van der Waals surface area contributed by atoms with Crippen LogP contribution in [0.3, 0.4) is 0 Å². The molecule has 0 bridgehead atoms. The average Bonchev–Trinajstić information content (AvgIpc) is 2.97. The van der Waals surface area contributed by atoms with Crippen LogP contribution >= 0.6 is 12.2 Å². The summed E-state index contributed by atoms with van der Waals surface area (Å²) in [6.07, 6.45) is 5.54. The first-order valence-corrected chi connectivity index (χ1v) is 7.19. The van der Waals surface area contributed by atoms with Gasteiger partial charge in [-0.1, -0.05) is 6.08 Å². The van der Waals surface area contributed by atoms with Crippen LogP contribution in [0, 0.1) is 0 Å². The third-order valence-electron chi connectivity index (χ3n) is 3.27. The van der Waals surface area contributed by atoms with Crippen molar-refractivity contribution in [3.8, 4) is 0 Å². The van der Waals surface area contributed by atoms with Crippen LogP contribution in [0.25, 0.3) is 0 Å². The van der Waals surface area contributed by atoms with Crippen molar-refractivity contribution in [1.29, 1.82) is 0 Å². The number of dihydropyridines is 1. The van der Waals surface area contributed by atoms with Gasteiger partial charge in [-0.2, -0.15) is 5.10 Å². The van der Waals surface area contributed by atoms with Crippen LogP contribution in [0.5, 0.6) is 0 Å². The minimum absolute atomic E-state index is 0.0821. The van der Waals surface area contributed by atoms with Crippen molar-refractivity contribution in [1.82, 2.24) is 10.3 Å². The molecule has 1 fully saturated rings. The number of hydrogen-bond donors (Lipinski definition) is 1. The van der Waals surface area contributed by atoms with E-state index in [0.29, 0.717) is 35.7 Å². The molecule has 0 saturated carbocycles. The third kappa shape index (κ3) is 3.22. The van der Waals surface area contributed by atoms with Crippen LogP contribution in [-0.2, 0) is 4.74 Å². The van der Waals surface area contributed by atoms with E-state index in [2.05, 4.69) is 25.5 Å². The number of thiocarbonyl (C=S) groups is 1. The smallest absolute Gasteiger partial charge is 0.189 e. The molecule has 21 heavy (non-hydrogen) atoms. The molecule has 0 amide bonds. The number of nitrogens with one attached hydrogen (secondary N) is 1. The summed E-state index contributed by atoms with van der Waals surface area (Å²) >= 11 is 5.31. The number of fused-ring (bicyclic) bond motifs is 1. The summed E-state index contributed by atoms with van der Waals surface area (Å²) in [7, 11) is 0. The second kappa shape index (κ2) is 6.23. The molecule has 1 unspecified atom stereocenters. The van der Waals surface area contributed by atoms with Crippen LogP contribution < -0.4 is 5.43 Å². The van der Waals surface area contributed by atoms with Gasteiger partial charge in [0.25, 0.3) is 0 Å². The SMILES string of the molecule is C/C(=N\NC(=S)N1CCOCC1)C1=NC2C=CC=NC2=N1. The lowest BCUT2D eigenvalue weighted by Crippen LogP contribution is -2.44. The Morgan fingerprint density at radius 2 is 2.29 bits per heavy atom. The van der Waals surface area contributed by atoms with Crippen molar-refractivity contribution in [3.05, 3.63) is 12.2 Å². The minimum Gasteiger partial charge on any atom is -0.378 e. The largest absolute Gasteiger partial charge is 0.378 e. The molecule has 0 aliphatic carbocycles. The van der Waals surface area contributed by atoms with Gasteiger partial charge in [0.1, 0.15) is 11.8 Å². The summed E-state index contributed by atoms with van der Waals surface area (Å²) in [6.45, 7) is 4.80. The molecule has 0 aromatic rings. The van der Waals surface area contributed by atoms with Gasteiger partial charge in [-0.25, -0.2) is 15.0 Å². The summed E-state index contributed by atoms with van der Waals surface area (Å²) in [4.78, 5) is 15.1. The Morgan fingerprint density at radius 1 is 1.48 bits per heavy atom. The molecular weight excluding hydrogens is 288 g/mol. The summed E-state index contributed by atoms with van der Waals surface area (Å²) in [5.41, 5.74) is 3.58. The molecule has 3 rings (SSSR count). The van der Waals surface area contributed by atoms with Gasteiger partial charge in [0, 0.05) is 19.3 Å². The van der Waals surface area contributed by atoms with E-state index in [9.17, 15) is 0 Å². The molecule has 3 heterocycles. The molecule has 0 radical (unpaired) electrons. The highest BCUT2D eigenvalue weighted by molar-refractivity contribution is 7.80. The van der Waals surface area contributed by atoms with Gasteiger partial charge in [-0.05, 0) is 25.2 Å². The lowest BCUT2D eigenvalue weighted by atomic mass is 10.2. The molecule has 0 spiro atoms. The number of hydrogen-bond acceptors (Lipinski definition) is 6. The Morgan fingerprint density at radius 3 is 3.05 bits per heavy atom. The molecule has 1 saturated heterocycles. The van der Waals surface area contributed by atoms with E-state index in [1.807, 2.05) is 24.0 Å². The number of hydrazone groups is 1. The van der Waals surface area contributed by atoms with Crippen LogP contribution in [0.1, 0.15) is 6.92 Å². The maximum Gasteiger partial charge on any atom is 0.189 e. The van der Waals surface area contributed by atoms with Gasteiger partial charge in [0.2, 0.25) is 0 Å². The molecule has 3 aliphatic rings. The predicted molar refractivity (Wildman–Crippen MR) is 87.5 cm³/mol. The Balaban J connectivity index is 1.61. The zero-order valence-corrected chi connectivity index (χ0v) is 12.5. The maximum atomic E-state index is 5.31. The Hall–Kier alpha value is -1.93. The summed E-state index contributed by atoms with van der Waals surface area (Å²) < 4.78 is 5.29. The van der Waals surface area contributed by atoms with E-state index in [1.54, 1.807) is 6.21 Å². The van der Waals surface area contributed by atoms with E-state index in [-0.39, 0.29) is 6.04 Å². The first-order valence-electron chi connectivity index (χ1n) is 6.78. The average molecular weight is 304 g/mol. The molecule has 0 aromatic heterocycles. The van der Waals surface area contributed by atoms with Crippen LogP contribution in [0.2, 0.25) is 0 Å². The topological polar surface area (TPSA) is 73.9 Å². The number of aliphatic imine (C=N–C) groups is 3. The van der Waals surface area contributed by atoms with E-state index in [4.69, 9.17) is 17.0 Å². The predicted octanol–water partition coefficient (Wildman–Crippen LogP) is 0.389. The fourth-order valence-corrected chi connectivity index (χ4v) is 2.32. The van der Waals surface area contributed by atoms with Gasteiger partial charge in [0.05, 0.1) is 13.2 Å². The van der Waals surface area contributed by atoms with Crippen LogP contribution in [-0.4, -0.2) is 66.0 Å². The lowest BCUT2D eigenvalue weighted by molar-refractivity contribution is 0.0677. The zero-order valence-electron chi connectivity index (χ0n) is 11.7. The molecular formula is C13H16N6OS. The second-order valence-electron chi connectivity index (χ2n) is 4.74. The highest BCUT2D eigenvalue weighted by Gasteiger charge is 2.22. The number of rotatable bonds is 2. The summed E-state index contributed by atoms with van der Waals surface area (Å²) in [6, 6.07) is -0.0821. The Kier molecular flexibility index (Phi) is 4.16. The van der Waals surface area contributed by atoms with E-state index >= 15 is 0 Å². The molecule has 1 atom stereocenters. The standard InChI is InChI=1S/C13H16N6OS/c1-9(11-15-10-3-2-4-14-12(10)16-11)17-18-13(21)19-5-7-20-8-6-19/h2-4,10H,5-8H2,1H3,(H,18,21)/b17-9+. The summed E-state index contributed by atoms with van der Waals surface area (Å²) in [5, 5.41) is 4.86. The van der Waals surface area contributed by atoms with Crippen LogP contribution in [0.15, 0.2) is 32.2 Å². The molecule has 8 heteroatoms. The van der Waals surface area contributed by atoms with E-state index < -0.39 is 0 Å². The first kappa shape index (κ1) is 14.0. The number of nitrogens with zero attached hydrogens (tertiary/aromatic N) is 5. The van der Waals surface area contributed by atoms with Gasteiger partial charge >= 0.3 is 0 Å². The maximum absolute atomic E-state index is 5.31. The number of morpholine rings is 1. The normalized spacial score (nSPS) is 24.5. The fraction of sp³-hybridized carbons (Fsp3) is 0.462. The third-order valence-corrected chi connectivity index (χ3v) is 3.62. The minimum atomic E-state index is -0.0821. The molecule has 7 nitrogen and oxygen atoms in total. The molecule has 110 valence electrons. The molecule has 3 aliphatic heterocycles. The number of ether oxygens (including phenoxy) is 1. The van der Waals surface area contributed by atoms with Gasteiger partial charge in [0.15, 0.2) is 16.8 Å². The highest BCUT2D eigenvalue weighted by atomic mass is 32.1. The Bertz CT molecular complexity index is 585. The fourth-order valence-electron chi connectivity index (χ4n) is 2.09.